The number of allylic oxidation sites excluding steroid dienone is 1. The lowest BCUT2D eigenvalue weighted by atomic mass is 10.1. The fourth-order valence-corrected chi connectivity index (χ4v) is 0.780. The van der Waals surface area contributed by atoms with Crippen molar-refractivity contribution in [2.24, 2.45) is 0 Å². The second-order valence-corrected chi connectivity index (χ2v) is 2.32. The van der Waals surface area contributed by atoms with Gasteiger partial charge in [-0.1, -0.05) is 6.92 Å². The quantitative estimate of drug-likeness (QED) is 0.506. The lowest BCUT2D eigenvalue weighted by molar-refractivity contribution is -0.179. The van der Waals surface area contributed by atoms with Gasteiger partial charge >= 0.3 is 12.1 Å². The SMILES string of the molecule is CC/C(C(=O)OF)=C(\C)C(F)(F)F. The van der Waals surface area contributed by atoms with Gasteiger partial charge in [0, 0.05) is 15.7 Å². The van der Waals surface area contributed by atoms with Crippen molar-refractivity contribution in [3.8, 4) is 0 Å². The van der Waals surface area contributed by atoms with Crippen LogP contribution in [0.3, 0.4) is 0 Å². The molecule has 0 amide bonds. The van der Waals surface area contributed by atoms with Gasteiger partial charge in [-0.25, -0.2) is 9.74 Å². The van der Waals surface area contributed by atoms with E-state index >= 15 is 0 Å². The Kier molecular flexibility index (Phi) is 3.90. The summed E-state index contributed by atoms with van der Waals surface area (Å²) < 4.78 is 47.3. The molecule has 0 aliphatic rings. The summed E-state index contributed by atoms with van der Waals surface area (Å²) >= 11 is 0. The van der Waals surface area contributed by atoms with Gasteiger partial charge in [0.15, 0.2) is 0 Å². The van der Waals surface area contributed by atoms with E-state index in [2.05, 4.69) is 4.94 Å². The number of rotatable bonds is 2. The van der Waals surface area contributed by atoms with Crippen molar-refractivity contribution in [1.82, 2.24) is 0 Å². The van der Waals surface area contributed by atoms with Gasteiger partial charge in [0.25, 0.3) is 0 Å². The Hall–Kier alpha value is -1.07. The molecule has 0 atom stereocenters. The second-order valence-electron chi connectivity index (χ2n) is 2.32. The molecular weight excluding hydrogens is 192 g/mol. The van der Waals surface area contributed by atoms with Gasteiger partial charge in [-0.3, -0.25) is 0 Å². The van der Waals surface area contributed by atoms with Crippen LogP contribution >= 0.6 is 0 Å². The average molecular weight is 200 g/mol. The highest BCUT2D eigenvalue weighted by molar-refractivity contribution is 5.88. The molecule has 76 valence electrons. The molecule has 0 fully saturated rings. The molecular formula is C7H8F4O2. The van der Waals surface area contributed by atoms with Crippen molar-refractivity contribution in [2.75, 3.05) is 0 Å². The largest absolute Gasteiger partial charge is 0.412 e. The van der Waals surface area contributed by atoms with E-state index in [-0.39, 0.29) is 6.42 Å². The smallest absolute Gasteiger partial charge is 0.250 e. The molecule has 0 heterocycles. The first-order valence-corrected chi connectivity index (χ1v) is 3.44. The highest BCUT2D eigenvalue weighted by Gasteiger charge is 2.34. The van der Waals surface area contributed by atoms with Crippen LogP contribution < -0.4 is 0 Å². The molecule has 0 aromatic carbocycles. The summed E-state index contributed by atoms with van der Waals surface area (Å²) in [6, 6.07) is 0. The molecule has 0 rings (SSSR count). The monoisotopic (exact) mass is 200 g/mol. The summed E-state index contributed by atoms with van der Waals surface area (Å²) in [4.78, 5) is 13.2. The summed E-state index contributed by atoms with van der Waals surface area (Å²) in [5.74, 6) is -1.59. The first-order chi connectivity index (χ1) is 5.84. The van der Waals surface area contributed by atoms with E-state index in [1.807, 2.05) is 0 Å². The van der Waals surface area contributed by atoms with Crippen molar-refractivity contribution in [1.29, 1.82) is 0 Å². The second kappa shape index (κ2) is 4.25. The van der Waals surface area contributed by atoms with E-state index < -0.39 is 23.3 Å². The number of halogens is 4. The fraction of sp³-hybridized carbons (Fsp3) is 0.571. The molecule has 0 spiro atoms. The van der Waals surface area contributed by atoms with Crippen LogP contribution in [-0.2, 0) is 9.74 Å². The van der Waals surface area contributed by atoms with Crippen molar-refractivity contribution in [3.63, 3.8) is 0 Å². The van der Waals surface area contributed by atoms with Crippen LogP contribution in [0.2, 0.25) is 0 Å². The van der Waals surface area contributed by atoms with Crippen molar-refractivity contribution >= 4 is 5.97 Å². The number of hydrogen-bond donors (Lipinski definition) is 0. The third kappa shape index (κ3) is 3.04. The third-order valence-electron chi connectivity index (χ3n) is 1.55. The predicted octanol–water partition coefficient (Wildman–Crippen LogP) is 2.70. The highest BCUT2D eigenvalue weighted by Crippen LogP contribution is 2.29. The maximum atomic E-state index is 12.0. The van der Waals surface area contributed by atoms with E-state index in [4.69, 9.17) is 0 Å². The van der Waals surface area contributed by atoms with E-state index in [0.29, 0.717) is 6.92 Å². The molecule has 0 bridgehead atoms. The summed E-state index contributed by atoms with van der Waals surface area (Å²) in [5.41, 5.74) is -1.83. The minimum absolute atomic E-state index is 0.228. The normalized spacial score (nSPS) is 13.7. The number of carbonyl (C=O) groups is 1. The Balaban J connectivity index is 5.02. The number of hydrogen-bond acceptors (Lipinski definition) is 2. The van der Waals surface area contributed by atoms with Gasteiger partial charge in [-0.2, -0.15) is 13.2 Å². The first kappa shape index (κ1) is 11.9. The Morgan fingerprint density at radius 3 is 2.08 bits per heavy atom. The van der Waals surface area contributed by atoms with Gasteiger partial charge in [0.2, 0.25) is 0 Å². The molecule has 0 aliphatic carbocycles. The van der Waals surface area contributed by atoms with Gasteiger partial charge < -0.3 is 0 Å². The highest BCUT2D eigenvalue weighted by atomic mass is 19.4. The van der Waals surface area contributed by atoms with Crippen LogP contribution in [0.4, 0.5) is 17.7 Å². The van der Waals surface area contributed by atoms with E-state index in [9.17, 15) is 22.5 Å². The Morgan fingerprint density at radius 1 is 1.38 bits per heavy atom. The lowest BCUT2D eigenvalue weighted by Gasteiger charge is -2.09. The molecule has 0 saturated carbocycles. The fourth-order valence-electron chi connectivity index (χ4n) is 0.780. The van der Waals surface area contributed by atoms with Gasteiger partial charge in [-0.15, -0.1) is 0 Å². The summed E-state index contributed by atoms with van der Waals surface area (Å²) in [5, 5.41) is 0. The van der Waals surface area contributed by atoms with E-state index in [1.165, 1.54) is 6.92 Å². The standard InChI is InChI=1S/C7H8F4O2/c1-3-5(6(12)13-11)4(2)7(8,9)10/h3H2,1-2H3/b5-4-. The predicted molar refractivity (Wildman–Crippen MR) is 36.2 cm³/mol. The van der Waals surface area contributed by atoms with Crippen molar-refractivity contribution in [2.45, 2.75) is 26.4 Å². The summed E-state index contributed by atoms with van der Waals surface area (Å²) in [6.45, 7) is 2.01. The lowest BCUT2D eigenvalue weighted by Crippen LogP contribution is -2.16. The molecule has 0 aliphatic heterocycles. The topological polar surface area (TPSA) is 26.3 Å². The minimum Gasteiger partial charge on any atom is -0.250 e. The molecule has 0 saturated heterocycles. The van der Waals surface area contributed by atoms with Crippen LogP contribution in [0.25, 0.3) is 0 Å². The minimum atomic E-state index is -4.63. The van der Waals surface area contributed by atoms with Crippen LogP contribution in [0, 0.1) is 0 Å². The molecule has 0 N–H and O–H groups in total. The zero-order valence-corrected chi connectivity index (χ0v) is 7.04. The van der Waals surface area contributed by atoms with Crippen LogP contribution in [-0.4, -0.2) is 12.1 Å². The maximum absolute atomic E-state index is 12.0. The maximum Gasteiger partial charge on any atom is 0.412 e. The molecule has 6 heteroatoms. The van der Waals surface area contributed by atoms with Crippen LogP contribution in [0.5, 0.6) is 0 Å². The molecule has 2 nitrogen and oxygen atoms in total. The van der Waals surface area contributed by atoms with Crippen LogP contribution in [0.1, 0.15) is 20.3 Å². The average Bonchev–Trinajstić information content (AvgIpc) is 2.03. The van der Waals surface area contributed by atoms with Gasteiger partial charge in [-0.05, 0) is 13.3 Å². The Bertz CT molecular complexity index is 229. The Morgan fingerprint density at radius 2 is 1.85 bits per heavy atom. The zero-order valence-electron chi connectivity index (χ0n) is 7.04. The molecule has 0 unspecified atom stereocenters. The van der Waals surface area contributed by atoms with Gasteiger partial charge in [0.1, 0.15) is 0 Å². The number of alkyl halides is 3. The van der Waals surface area contributed by atoms with Crippen molar-refractivity contribution in [3.05, 3.63) is 11.1 Å². The molecule has 0 aromatic heterocycles. The first-order valence-electron chi connectivity index (χ1n) is 3.44. The van der Waals surface area contributed by atoms with E-state index in [0.717, 1.165) is 0 Å². The van der Waals surface area contributed by atoms with Crippen molar-refractivity contribution < 1.29 is 27.4 Å². The summed E-state index contributed by atoms with van der Waals surface area (Å²) in [7, 11) is 0. The number of carbonyl (C=O) groups excluding carboxylic acids is 1. The van der Waals surface area contributed by atoms with Crippen LogP contribution in [0.15, 0.2) is 11.1 Å². The Labute approximate surface area is 72.1 Å². The zero-order chi connectivity index (χ0) is 10.6. The molecule has 13 heavy (non-hydrogen) atoms. The molecule has 0 aromatic rings. The summed E-state index contributed by atoms with van der Waals surface area (Å²) in [6.07, 6.45) is -4.85. The van der Waals surface area contributed by atoms with Gasteiger partial charge in [0.05, 0.1) is 0 Å². The molecule has 0 radical (unpaired) electrons. The van der Waals surface area contributed by atoms with E-state index in [1.54, 1.807) is 0 Å². The third-order valence-corrected chi connectivity index (χ3v) is 1.55.